The molecule has 0 rings (SSSR count). The van der Waals surface area contributed by atoms with Crippen LogP contribution in [-0.2, 0) is 0 Å². The van der Waals surface area contributed by atoms with E-state index in [0.29, 0.717) is 0 Å². The van der Waals surface area contributed by atoms with Crippen molar-refractivity contribution in [1.29, 1.82) is 0 Å². The van der Waals surface area contributed by atoms with Crippen LogP contribution in [0.5, 0.6) is 0 Å². The zero-order valence-corrected chi connectivity index (χ0v) is 8.31. The molecule has 0 amide bonds. The quantitative estimate of drug-likeness (QED) is 0.477. The second-order valence-corrected chi connectivity index (χ2v) is 2.23. The standard InChI is InChI=1S/2C6H8/c2*1-4-6(3)5-2/h2*1,5H,2-3H3. The van der Waals surface area contributed by atoms with E-state index in [1.54, 1.807) is 0 Å². The fraction of sp³-hybridized carbons (Fsp3) is 0.333. The van der Waals surface area contributed by atoms with Crippen molar-refractivity contribution in [3.8, 4) is 24.7 Å². The van der Waals surface area contributed by atoms with Gasteiger partial charge < -0.3 is 0 Å². The normalized spacial score (nSPS) is 10.5. The number of rotatable bonds is 0. The topological polar surface area (TPSA) is 0 Å². The summed E-state index contributed by atoms with van der Waals surface area (Å²) in [5, 5.41) is 0. The highest BCUT2D eigenvalue weighted by molar-refractivity contribution is 5.21. The monoisotopic (exact) mass is 160 g/mol. The van der Waals surface area contributed by atoms with Crippen LogP contribution in [0.2, 0.25) is 0 Å². The van der Waals surface area contributed by atoms with E-state index in [9.17, 15) is 0 Å². The molecule has 0 nitrogen and oxygen atoms in total. The van der Waals surface area contributed by atoms with E-state index in [0.717, 1.165) is 11.1 Å². The molecule has 0 radical (unpaired) electrons. The largest absolute Gasteiger partial charge is 0.115 e. The van der Waals surface area contributed by atoms with Gasteiger partial charge in [0.1, 0.15) is 0 Å². The number of hydrogen-bond donors (Lipinski definition) is 0. The van der Waals surface area contributed by atoms with E-state index < -0.39 is 0 Å². The maximum atomic E-state index is 4.96. The van der Waals surface area contributed by atoms with E-state index in [4.69, 9.17) is 12.8 Å². The number of terminal acetylenes is 2. The molecular weight excluding hydrogens is 144 g/mol. The van der Waals surface area contributed by atoms with Gasteiger partial charge >= 0.3 is 0 Å². The molecule has 0 aliphatic carbocycles. The van der Waals surface area contributed by atoms with Gasteiger partial charge in [-0.15, -0.1) is 12.8 Å². The van der Waals surface area contributed by atoms with Crippen LogP contribution in [-0.4, -0.2) is 0 Å². The molecule has 0 saturated carbocycles. The molecule has 0 spiro atoms. The molecule has 0 aromatic carbocycles. The van der Waals surface area contributed by atoms with Gasteiger partial charge in [-0.05, 0) is 38.8 Å². The summed E-state index contributed by atoms with van der Waals surface area (Å²) in [4.78, 5) is 0. The first kappa shape index (κ1) is 13.2. The molecule has 12 heavy (non-hydrogen) atoms. The highest BCUT2D eigenvalue weighted by Crippen LogP contribution is 1.83. The fourth-order valence-corrected chi connectivity index (χ4v) is 0.167. The molecule has 0 saturated heterocycles. The Hall–Kier alpha value is -1.40. The summed E-state index contributed by atoms with van der Waals surface area (Å²) in [7, 11) is 0. The molecule has 0 bridgehead atoms. The van der Waals surface area contributed by atoms with Crippen LogP contribution in [0.15, 0.2) is 23.3 Å². The minimum absolute atomic E-state index is 0.995. The average Bonchev–Trinajstić information content (AvgIpc) is 2.16. The molecule has 0 fully saturated rings. The second-order valence-electron chi connectivity index (χ2n) is 2.23. The second kappa shape index (κ2) is 9.60. The third-order valence-corrected chi connectivity index (χ3v) is 1.32. The maximum absolute atomic E-state index is 4.96. The average molecular weight is 160 g/mol. The summed E-state index contributed by atoms with van der Waals surface area (Å²) in [5.74, 6) is 4.95. The van der Waals surface area contributed by atoms with Crippen LogP contribution in [0.3, 0.4) is 0 Å². The molecule has 0 heterocycles. The Morgan fingerprint density at radius 2 is 1.17 bits per heavy atom. The minimum atomic E-state index is 0.995. The summed E-state index contributed by atoms with van der Waals surface area (Å²) < 4.78 is 0. The van der Waals surface area contributed by atoms with Crippen LogP contribution in [0.1, 0.15) is 27.7 Å². The first-order chi connectivity index (χ1) is 5.62. The minimum Gasteiger partial charge on any atom is -0.115 e. The highest BCUT2D eigenvalue weighted by Gasteiger charge is 1.67. The van der Waals surface area contributed by atoms with E-state index in [1.807, 2.05) is 39.8 Å². The van der Waals surface area contributed by atoms with Crippen molar-refractivity contribution >= 4 is 0 Å². The lowest BCUT2D eigenvalue weighted by Gasteiger charge is -1.74. The van der Waals surface area contributed by atoms with Gasteiger partial charge in [-0.3, -0.25) is 0 Å². The maximum Gasteiger partial charge on any atom is -0.00561 e. The molecule has 0 aromatic heterocycles. The van der Waals surface area contributed by atoms with Gasteiger partial charge in [0.15, 0.2) is 0 Å². The Labute approximate surface area is 76.4 Å². The zero-order chi connectivity index (χ0) is 9.98. The van der Waals surface area contributed by atoms with Gasteiger partial charge in [0.2, 0.25) is 0 Å². The highest BCUT2D eigenvalue weighted by atomic mass is 13.7. The van der Waals surface area contributed by atoms with Crippen molar-refractivity contribution in [2.24, 2.45) is 0 Å². The van der Waals surface area contributed by atoms with Gasteiger partial charge in [0.05, 0.1) is 0 Å². The van der Waals surface area contributed by atoms with E-state index in [1.165, 1.54) is 0 Å². The molecule has 0 aliphatic heterocycles. The number of allylic oxidation sites excluding steroid dienone is 4. The summed E-state index contributed by atoms with van der Waals surface area (Å²) in [6, 6.07) is 0. The molecule has 0 atom stereocenters. The Morgan fingerprint density at radius 1 is 0.917 bits per heavy atom. The predicted octanol–water partition coefficient (Wildman–Crippen LogP) is 3.17. The molecular formula is C12H16. The summed E-state index contributed by atoms with van der Waals surface area (Å²) in [6.45, 7) is 7.66. The van der Waals surface area contributed by atoms with Crippen molar-refractivity contribution in [2.45, 2.75) is 27.7 Å². The molecule has 0 heteroatoms. The van der Waals surface area contributed by atoms with Gasteiger partial charge in [-0.25, -0.2) is 0 Å². The first-order valence-electron chi connectivity index (χ1n) is 3.81. The summed E-state index contributed by atoms with van der Waals surface area (Å²) >= 11 is 0. The molecule has 64 valence electrons. The van der Waals surface area contributed by atoms with Crippen molar-refractivity contribution < 1.29 is 0 Å². The van der Waals surface area contributed by atoms with Gasteiger partial charge in [0, 0.05) is 0 Å². The third kappa shape index (κ3) is 11.4. The van der Waals surface area contributed by atoms with Crippen molar-refractivity contribution in [2.75, 3.05) is 0 Å². The smallest absolute Gasteiger partial charge is 0.00561 e. The van der Waals surface area contributed by atoms with Gasteiger partial charge in [-0.1, -0.05) is 24.0 Å². The summed E-state index contributed by atoms with van der Waals surface area (Å²) in [6.07, 6.45) is 13.7. The lowest BCUT2D eigenvalue weighted by molar-refractivity contribution is 1.52. The van der Waals surface area contributed by atoms with Crippen LogP contribution < -0.4 is 0 Å². The van der Waals surface area contributed by atoms with E-state index in [-0.39, 0.29) is 0 Å². The predicted molar refractivity (Wildman–Crippen MR) is 56.5 cm³/mol. The lowest BCUT2D eigenvalue weighted by atomic mass is 10.3. The van der Waals surface area contributed by atoms with Crippen LogP contribution in [0.4, 0.5) is 0 Å². The van der Waals surface area contributed by atoms with Crippen LogP contribution in [0, 0.1) is 24.7 Å². The van der Waals surface area contributed by atoms with Crippen molar-refractivity contribution in [1.82, 2.24) is 0 Å². The SMILES string of the molecule is C#CC(C)=CC.C#CC(C)=CC. The lowest BCUT2D eigenvalue weighted by Crippen LogP contribution is -1.58. The first-order valence-corrected chi connectivity index (χ1v) is 3.81. The Balaban J connectivity index is 0. The molecule has 0 aliphatic rings. The molecule has 0 N–H and O–H groups in total. The van der Waals surface area contributed by atoms with E-state index in [2.05, 4.69) is 11.8 Å². The summed E-state index contributed by atoms with van der Waals surface area (Å²) in [5.41, 5.74) is 1.99. The fourth-order valence-electron chi connectivity index (χ4n) is 0.167. The van der Waals surface area contributed by atoms with Gasteiger partial charge in [0.25, 0.3) is 0 Å². The number of hydrogen-bond acceptors (Lipinski definition) is 0. The Morgan fingerprint density at radius 3 is 1.17 bits per heavy atom. The van der Waals surface area contributed by atoms with Crippen LogP contribution in [0.25, 0.3) is 0 Å². The Kier molecular flexibility index (Phi) is 10.6. The Bertz CT molecular complexity index is 210. The van der Waals surface area contributed by atoms with Crippen molar-refractivity contribution in [3.05, 3.63) is 23.3 Å². The van der Waals surface area contributed by atoms with Crippen LogP contribution >= 0.6 is 0 Å². The zero-order valence-electron chi connectivity index (χ0n) is 8.31. The van der Waals surface area contributed by atoms with Gasteiger partial charge in [-0.2, -0.15) is 0 Å². The van der Waals surface area contributed by atoms with E-state index >= 15 is 0 Å². The molecule has 0 unspecified atom stereocenters. The molecule has 0 aromatic rings. The van der Waals surface area contributed by atoms with Crippen molar-refractivity contribution in [3.63, 3.8) is 0 Å². The third-order valence-electron chi connectivity index (χ3n) is 1.32.